The van der Waals surface area contributed by atoms with Gasteiger partial charge in [0.15, 0.2) is 41.5 Å². The van der Waals surface area contributed by atoms with Gasteiger partial charge in [0.25, 0.3) is 5.91 Å². The molecule has 176 valence electrons. The minimum Gasteiger partial charge on any atom is -0.471 e. The minimum atomic E-state index is -1.51. The number of amides is 1. The predicted octanol–water partition coefficient (Wildman–Crippen LogP) is 4.93. The molecule has 1 N–H and O–H groups in total. The number of aromatic nitrogens is 4. The Morgan fingerprint density at radius 3 is 2.41 bits per heavy atom. The van der Waals surface area contributed by atoms with Gasteiger partial charge in [-0.3, -0.25) is 9.48 Å². The monoisotopic (exact) mass is 493 g/mol. The molecule has 0 aliphatic carbocycles. The highest BCUT2D eigenvalue weighted by molar-refractivity contribution is 6.31. The van der Waals surface area contributed by atoms with E-state index in [1.807, 2.05) is 6.92 Å². The summed E-state index contributed by atoms with van der Waals surface area (Å²) in [5, 5.41) is 11.2. The van der Waals surface area contributed by atoms with Crippen molar-refractivity contribution in [2.75, 3.05) is 5.32 Å². The number of carbonyl (C=O) groups is 1. The van der Waals surface area contributed by atoms with Gasteiger partial charge < -0.3 is 10.1 Å². The van der Waals surface area contributed by atoms with Crippen LogP contribution >= 0.6 is 11.6 Å². The van der Waals surface area contributed by atoms with Crippen LogP contribution in [0.5, 0.6) is 5.75 Å². The minimum absolute atomic E-state index is 0.0459. The molecule has 0 aliphatic rings. The van der Waals surface area contributed by atoms with Crippen LogP contribution in [0.1, 0.15) is 21.6 Å². The van der Waals surface area contributed by atoms with Crippen molar-refractivity contribution in [2.24, 2.45) is 0 Å². The molecule has 0 saturated heterocycles. The van der Waals surface area contributed by atoms with Crippen molar-refractivity contribution in [3.63, 3.8) is 0 Å². The first-order valence-corrected chi connectivity index (χ1v) is 10.2. The van der Waals surface area contributed by atoms with Crippen LogP contribution in [-0.4, -0.2) is 25.5 Å². The molecule has 0 atom stereocenters. The fourth-order valence-corrected chi connectivity index (χ4v) is 3.14. The van der Waals surface area contributed by atoms with E-state index >= 15 is 0 Å². The molecule has 0 saturated carbocycles. The molecule has 1 amide bonds. The van der Waals surface area contributed by atoms with Crippen molar-refractivity contribution in [1.29, 1.82) is 0 Å². The van der Waals surface area contributed by atoms with Crippen LogP contribution in [0.2, 0.25) is 5.02 Å². The fourth-order valence-electron chi connectivity index (χ4n) is 3.02. The molecular formula is C22H16ClF4N5O2. The molecule has 0 aliphatic heterocycles. The van der Waals surface area contributed by atoms with Gasteiger partial charge in [-0.05, 0) is 36.8 Å². The summed E-state index contributed by atoms with van der Waals surface area (Å²) in [5.41, 5.74) is 0.0926. The number of hydrogen-bond donors (Lipinski definition) is 1. The molecule has 2 aromatic heterocycles. The molecule has 0 spiro atoms. The third kappa shape index (κ3) is 5.04. The largest absolute Gasteiger partial charge is 0.471 e. The average molecular weight is 494 g/mol. The molecule has 7 nitrogen and oxygen atoms in total. The van der Waals surface area contributed by atoms with Gasteiger partial charge in [-0.25, -0.2) is 22.2 Å². The molecule has 2 heterocycles. The lowest BCUT2D eigenvalue weighted by atomic mass is 10.2. The average Bonchev–Trinajstić information content (AvgIpc) is 3.46. The maximum atomic E-state index is 13.9. The Morgan fingerprint density at radius 2 is 1.71 bits per heavy atom. The maximum Gasteiger partial charge on any atom is 0.277 e. The van der Waals surface area contributed by atoms with Crippen LogP contribution in [0, 0.1) is 30.2 Å². The summed E-state index contributed by atoms with van der Waals surface area (Å²) >= 11 is 5.98. The molecule has 4 aromatic rings. The quantitative estimate of drug-likeness (QED) is 0.292. The first kappa shape index (κ1) is 23.3. The van der Waals surface area contributed by atoms with E-state index in [0.29, 0.717) is 10.8 Å². The summed E-state index contributed by atoms with van der Waals surface area (Å²) in [5.74, 6) is -6.02. The second-order valence-corrected chi connectivity index (χ2v) is 7.63. The van der Waals surface area contributed by atoms with E-state index in [0.717, 1.165) is 10.2 Å². The summed E-state index contributed by atoms with van der Waals surface area (Å²) in [4.78, 5) is 12.4. The first-order valence-electron chi connectivity index (χ1n) is 9.80. The number of anilines is 1. The van der Waals surface area contributed by atoms with E-state index < -0.39 is 41.3 Å². The van der Waals surface area contributed by atoms with Crippen molar-refractivity contribution in [3.8, 4) is 5.75 Å². The Hall–Kier alpha value is -3.86. The van der Waals surface area contributed by atoms with Crippen molar-refractivity contribution < 1.29 is 27.1 Å². The third-order valence-electron chi connectivity index (χ3n) is 4.77. The topological polar surface area (TPSA) is 74.0 Å². The highest BCUT2D eigenvalue weighted by Gasteiger charge is 2.20. The Balaban J connectivity index is 1.38. The second-order valence-electron chi connectivity index (χ2n) is 7.22. The lowest BCUT2D eigenvalue weighted by Gasteiger charge is -2.07. The molecule has 2 aromatic carbocycles. The van der Waals surface area contributed by atoms with E-state index in [1.54, 1.807) is 24.4 Å². The Bertz CT molecular complexity index is 1350. The molecule has 12 heteroatoms. The van der Waals surface area contributed by atoms with E-state index in [9.17, 15) is 22.4 Å². The lowest BCUT2D eigenvalue weighted by molar-refractivity contribution is 0.101. The number of nitrogens with one attached hydrogen (secondary N) is 1. The van der Waals surface area contributed by atoms with Gasteiger partial charge in [0.05, 0.1) is 12.1 Å². The Labute approximate surface area is 195 Å². The number of carbonyl (C=O) groups excluding carboxylic acids is 1. The van der Waals surface area contributed by atoms with Crippen molar-refractivity contribution in [3.05, 3.63) is 93.9 Å². The molecule has 0 fully saturated rings. The predicted molar refractivity (Wildman–Crippen MR) is 115 cm³/mol. The number of nitrogens with zero attached hydrogens (tertiary/aromatic N) is 4. The maximum absolute atomic E-state index is 13.9. The second kappa shape index (κ2) is 9.56. The zero-order valence-electron chi connectivity index (χ0n) is 17.5. The summed E-state index contributed by atoms with van der Waals surface area (Å²) in [6, 6.07) is 8.13. The van der Waals surface area contributed by atoms with E-state index in [1.165, 1.54) is 23.0 Å². The first-order chi connectivity index (χ1) is 16.2. The van der Waals surface area contributed by atoms with Crippen LogP contribution in [0.3, 0.4) is 0 Å². The van der Waals surface area contributed by atoms with Crippen molar-refractivity contribution in [2.45, 2.75) is 20.2 Å². The molecular weight excluding hydrogens is 478 g/mol. The summed E-state index contributed by atoms with van der Waals surface area (Å²) < 4.78 is 62.5. The summed E-state index contributed by atoms with van der Waals surface area (Å²) in [6.45, 7) is 1.30. The number of ether oxygens (including phenoxy) is 1. The van der Waals surface area contributed by atoms with Gasteiger partial charge in [0.2, 0.25) is 0 Å². The van der Waals surface area contributed by atoms with Crippen LogP contribution in [0.15, 0.2) is 48.8 Å². The Kier molecular flexibility index (Phi) is 6.55. The number of benzene rings is 2. The summed E-state index contributed by atoms with van der Waals surface area (Å²) in [7, 11) is 0. The number of aryl methyl sites for hydroxylation is 1. The fraction of sp³-hybridized carbons (Fsp3) is 0.136. The van der Waals surface area contributed by atoms with E-state index in [2.05, 4.69) is 15.5 Å². The van der Waals surface area contributed by atoms with Gasteiger partial charge in [0.1, 0.15) is 5.75 Å². The number of halogens is 5. The molecule has 0 radical (unpaired) electrons. The van der Waals surface area contributed by atoms with Gasteiger partial charge >= 0.3 is 0 Å². The van der Waals surface area contributed by atoms with Crippen molar-refractivity contribution >= 4 is 23.3 Å². The normalized spacial score (nSPS) is 11.0. The van der Waals surface area contributed by atoms with Crippen LogP contribution in [0.4, 0.5) is 23.4 Å². The standard InChI is InChI=1S/C22H16ClF4N5O2/c1-12-8-13(2-3-15(12)23)34-11-32-6-4-18(29-32)22(33)28-19-5-7-31(30-19)10-14-20(26)16(24)9-17(25)21(14)27/h2-9H,10-11H2,1H3,(H,28,30,33). The zero-order chi connectivity index (χ0) is 24.4. The lowest BCUT2D eigenvalue weighted by Crippen LogP contribution is -2.15. The number of rotatable bonds is 7. The van der Waals surface area contributed by atoms with E-state index in [4.69, 9.17) is 16.3 Å². The SMILES string of the molecule is Cc1cc(OCn2ccc(C(=O)Nc3ccn(Cc4c(F)c(F)cc(F)c4F)n3)n2)ccc1Cl. The molecule has 0 bridgehead atoms. The van der Waals surface area contributed by atoms with Crippen LogP contribution in [-0.2, 0) is 13.3 Å². The molecule has 4 rings (SSSR count). The van der Waals surface area contributed by atoms with Crippen molar-refractivity contribution in [1.82, 2.24) is 19.6 Å². The molecule has 0 unspecified atom stereocenters. The van der Waals surface area contributed by atoms with Gasteiger partial charge in [-0.15, -0.1) is 0 Å². The van der Waals surface area contributed by atoms with Gasteiger partial charge in [0, 0.05) is 29.5 Å². The van der Waals surface area contributed by atoms with Crippen LogP contribution < -0.4 is 10.1 Å². The highest BCUT2D eigenvalue weighted by atomic mass is 35.5. The zero-order valence-corrected chi connectivity index (χ0v) is 18.3. The summed E-state index contributed by atoms with van der Waals surface area (Å²) in [6.07, 6.45) is 2.83. The van der Waals surface area contributed by atoms with Gasteiger partial charge in [-0.1, -0.05) is 11.6 Å². The number of hydrogen-bond acceptors (Lipinski definition) is 4. The van der Waals surface area contributed by atoms with E-state index in [-0.39, 0.29) is 24.3 Å². The third-order valence-corrected chi connectivity index (χ3v) is 5.20. The molecule has 34 heavy (non-hydrogen) atoms. The van der Waals surface area contributed by atoms with Crippen LogP contribution in [0.25, 0.3) is 0 Å². The van der Waals surface area contributed by atoms with Gasteiger partial charge in [-0.2, -0.15) is 10.2 Å². The Morgan fingerprint density at radius 1 is 1.00 bits per heavy atom. The smallest absolute Gasteiger partial charge is 0.277 e. The highest BCUT2D eigenvalue weighted by Crippen LogP contribution is 2.22.